The highest BCUT2D eigenvalue weighted by Gasteiger charge is 2.21. The van der Waals surface area contributed by atoms with Crippen LogP contribution in [0.15, 0.2) is 28.7 Å². The van der Waals surface area contributed by atoms with Crippen molar-refractivity contribution in [3.8, 4) is 0 Å². The maximum atomic E-state index is 13.5. The quantitative estimate of drug-likeness (QED) is 0.785. The minimum Gasteiger partial charge on any atom is -0.317 e. The Labute approximate surface area is 123 Å². The summed E-state index contributed by atoms with van der Waals surface area (Å²) in [4.78, 5) is 11.7. The van der Waals surface area contributed by atoms with E-state index in [9.17, 15) is 26.7 Å². The van der Waals surface area contributed by atoms with Crippen LogP contribution < -0.4 is 5.32 Å². The molecule has 21 heavy (non-hydrogen) atoms. The Balaban J connectivity index is 2.40. The summed E-state index contributed by atoms with van der Waals surface area (Å²) in [6.07, 6.45) is 0. The molecule has 0 bridgehead atoms. The minimum absolute atomic E-state index is 0.0784. The van der Waals surface area contributed by atoms with Crippen LogP contribution in [0.4, 0.5) is 27.6 Å². The lowest BCUT2D eigenvalue weighted by Gasteiger charge is -2.09. The molecule has 2 rings (SSSR count). The Morgan fingerprint density at radius 2 is 1.33 bits per heavy atom. The fourth-order valence-corrected chi connectivity index (χ4v) is 2.00. The molecule has 0 fully saturated rings. The van der Waals surface area contributed by atoms with Gasteiger partial charge in [0.15, 0.2) is 11.6 Å². The van der Waals surface area contributed by atoms with Gasteiger partial charge in [-0.15, -0.1) is 0 Å². The van der Waals surface area contributed by atoms with Gasteiger partial charge in [-0.05, 0) is 12.1 Å². The van der Waals surface area contributed by atoms with Crippen molar-refractivity contribution in [1.29, 1.82) is 0 Å². The van der Waals surface area contributed by atoms with E-state index in [0.717, 1.165) is 12.1 Å². The molecule has 0 saturated carbocycles. The topological polar surface area (TPSA) is 29.1 Å². The normalized spacial score (nSPS) is 10.6. The number of amides is 1. The third-order valence-electron chi connectivity index (χ3n) is 2.48. The van der Waals surface area contributed by atoms with E-state index in [0.29, 0.717) is 0 Å². The van der Waals surface area contributed by atoms with E-state index in [4.69, 9.17) is 0 Å². The largest absolute Gasteiger partial charge is 0.317 e. The molecule has 2 aromatic carbocycles. The molecule has 1 amide bonds. The molecule has 8 heteroatoms. The molecule has 2 aromatic rings. The average Bonchev–Trinajstić information content (AvgIpc) is 2.32. The zero-order chi connectivity index (χ0) is 15.7. The maximum Gasteiger partial charge on any atom is 0.261 e. The molecule has 0 radical (unpaired) electrons. The van der Waals surface area contributed by atoms with Gasteiger partial charge in [0.2, 0.25) is 0 Å². The number of benzene rings is 2. The van der Waals surface area contributed by atoms with Crippen LogP contribution in [0, 0.1) is 29.1 Å². The predicted molar refractivity (Wildman–Crippen MR) is 68.3 cm³/mol. The molecule has 0 aromatic heterocycles. The predicted octanol–water partition coefficient (Wildman–Crippen LogP) is 4.40. The van der Waals surface area contributed by atoms with Crippen molar-refractivity contribution in [1.82, 2.24) is 0 Å². The van der Waals surface area contributed by atoms with Crippen LogP contribution in [0.25, 0.3) is 0 Å². The number of carbonyl (C=O) groups excluding carboxylic acids is 1. The van der Waals surface area contributed by atoms with Crippen molar-refractivity contribution in [2.45, 2.75) is 0 Å². The molecule has 0 heterocycles. The third-order valence-corrected chi connectivity index (χ3v) is 2.94. The van der Waals surface area contributed by atoms with Crippen molar-refractivity contribution in [2.24, 2.45) is 0 Å². The highest BCUT2D eigenvalue weighted by atomic mass is 79.9. The number of anilines is 1. The summed E-state index contributed by atoms with van der Waals surface area (Å²) in [6, 6.07) is 2.28. The number of carbonyl (C=O) groups is 1. The molecule has 2 nitrogen and oxygen atoms in total. The highest BCUT2D eigenvalue weighted by Crippen LogP contribution is 2.25. The van der Waals surface area contributed by atoms with E-state index in [1.54, 1.807) is 5.32 Å². The van der Waals surface area contributed by atoms with E-state index < -0.39 is 46.2 Å². The lowest BCUT2D eigenvalue weighted by molar-refractivity contribution is 0.101. The molecule has 0 saturated heterocycles. The van der Waals surface area contributed by atoms with E-state index in [-0.39, 0.29) is 16.6 Å². The molecule has 0 atom stereocenters. The first-order chi connectivity index (χ1) is 9.79. The van der Waals surface area contributed by atoms with Crippen molar-refractivity contribution >= 4 is 27.5 Å². The minimum atomic E-state index is -1.48. The number of rotatable bonds is 2. The van der Waals surface area contributed by atoms with Gasteiger partial charge in [-0.25, -0.2) is 22.0 Å². The smallest absolute Gasteiger partial charge is 0.261 e. The van der Waals surface area contributed by atoms with Crippen molar-refractivity contribution < 1.29 is 26.7 Å². The van der Waals surface area contributed by atoms with Crippen LogP contribution in [-0.4, -0.2) is 5.91 Å². The van der Waals surface area contributed by atoms with Crippen LogP contribution in [0.1, 0.15) is 10.4 Å². The monoisotopic (exact) mass is 365 g/mol. The first-order valence-electron chi connectivity index (χ1n) is 5.40. The van der Waals surface area contributed by atoms with Crippen LogP contribution in [0.5, 0.6) is 0 Å². The maximum absolute atomic E-state index is 13.5. The first-order valence-corrected chi connectivity index (χ1v) is 6.19. The molecular formula is C13H5BrF5NO. The SMILES string of the molecule is O=C(Nc1c(F)cc(Br)cc1F)c1c(F)cc(F)cc1F. The number of nitrogens with one attached hydrogen (secondary N) is 1. The number of hydrogen-bond donors (Lipinski definition) is 1. The fraction of sp³-hybridized carbons (Fsp3) is 0. The fourth-order valence-electron chi connectivity index (χ4n) is 1.60. The summed E-state index contributed by atoms with van der Waals surface area (Å²) in [5.74, 6) is -7.91. The molecule has 0 aliphatic rings. The molecular weight excluding hydrogens is 361 g/mol. The summed E-state index contributed by atoms with van der Waals surface area (Å²) in [5, 5.41) is 1.71. The first kappa shape index (κ1) is 15.4. The Hall–Kier alpha value is -1.96. The highest BCUT2D eigenvalue weighted by molar-refractivity contribution is 9.10. The van der Waals surface area contributed by atoms with Gasteiger partial charge in [-0.2, -0.15) is 0 Å². The zero-order valence-electron chi connectivity index (χ0n) is 9.99. The summed E-state index contributed by atoms with van der Waals surface area (Å²) >= 11 is 2.84. The van der Waals surface area contributed by atoms with Gasteiger partial charge in [0.05, 0.1) is 0 Å². The summed E-state index contributed by atoms with van der Waals surface area (Å²) in [6.45, 7) is 0. The summed E-state index contributed by atoms with van der Waals surface area (Å²) in [7, 11) is 0. The van der Waals surface area contributed by atoms with Gasteiger partial charge in [0, 0.05) is 16.6 Å². The van der Waals surface area contributed by atoms with Gasteiger partial charge in [0.1, 0.15) is 28.7 Å². The molecule has 0 aliphatic heterocycles. The van der Waals surface area contributed by atoms with E-state index in [2.05, 4.69) is 15.9 Å². The lowest BCUT2D eigenvalue weighted by Crippen LogP contribution is -2.18. The Bertz CT molecular complexity index is 688. The van der Waals surface area contributed by atoms with Crippen LogP contribution in [-0.2, 0) is 0 Å². The lowest BCUT2D eigenvalue weighted by atomic mass is 10.1. The second-order valence-electron chi connectivity index (χ2n) is 3.94. The van der Waals surface area contributed by atoms with Crippen LogP contribution in [0.2, 0.25) is 0 Å². The standard InChI is InChI=1S/C13H5BrF5NO/c14-5-1-9(18)12(10(19)2-5)20-13(21)11-7(16)3-6(15)4-8(11)17/h1-4H,(H,20,21). The van der Waals surface area contributed by atoms with Gasteiger partial charge < -0.3 is 5.32 Å². The summed E-state index contributed by atoms with van der Waals surface area (Å²) in [5.41, 5.74) is -2.01. The number of hydrogen-bond acceptors (Lipinski definition) is 1. The second-order valence-corrected chi connectivity index (χ2v) is 4.86. The summed E-state index contributed by atoms with van der Waals surface area (Å²) < 4.78 is 66.6. The average molecular weight is 366 g/mol. The Morgan fingerprint density at radius 1 is 0.857 bits per heavy atom. The molecule has 110 valence electrons. The van der Waals surface area contributed by atoms with Crippen molar-refractivity contribution in [2.75, 3.05) is 5.32 Å². The molecule has 1 N–H and O–H groups in total. The van der Waals surface area contributed by atoms with Gasteiger partial charge in [-0.3, -0.25) is 4.79 Å². The Morgan fingerprint density at radius 3 is 1.81 bits per heavy atom. The van der Waals surface area contributed by atoms with Crippen molar-refractivity contribution in [3.05, 3.63) is 63.4 Å². The Kier molecular flexibility index (Phi) is 4.26. The van der Waals surface area contributed by atoms with Gasteiger partial charge in [0.25, 0.3) is 5.91 Å². The molecule has 0 aliphatic carbocycles. The van der Waals surface area contributed by atoms with Crippen LogP contribution in [0.3, 0.4) is 0 Å². The molecule has 0 spiro atoms. The zero-order valence-corrected chi connectivity index (χ0v) is 11.6. The van der Waals surface area contributed by atoms with E-state index >= 15 is 0 Å². The van der Waals surface area contributed by atoms with E-state index in [1.807, 2.05) is 0 Å². The third kappa shape index (κ3) is 3.21. The van der Waals surface area contributed by atoms with Gasteiger partial charge in [-0.1, -0.05) is 15.9 Å². The molecule has 0 unspecified atom stereocenters. The number of halogens is 6. The second kappa shape index (κ2) is 5.80. The van der Waals surface area contributed by atoms with E-state index in [1.165, 1.54) is 0 Å². The van der Waals surface area contributed by atoms with Gasteiger partial charge >= 0.3 is 0 Å². The van der Waals surface area contributed by atoms with Crippen molar-refractivity contribution in [3.63, 3.8) is 0 Å². The van der Waals surface area contributed by atoms with Crippen LogP contribution >= 0.6 is 15.9 Å².